The van der Waals surface area contributed by atoms with Crippen LogP contribution in [-0.2, 0) is 6.42 Å². The van der Waals surface area contributed by atoms with Crippen LogP contribution in [0.25, 0.3) is 0 Å². The number of thiophene rings is 1. The number of aromatic carboxylic acids is 2. The van der Waals surface area contributed by atoms with Gasteiger partial charge in [-0.15, -0.1) is 11.3 Å². The van der Waals surface area contributed by atoms with E-state index in [1.165, 1.54) is 6.07 Å². The quantitative estimate of drug-likeness (QED) is 0.832. The van der Waals surface area contributed by atoms with Crippen molar-refractivity contribution < 1.29 is 19.8 Å². The third-order valence-corrected chi connectivity index (χ3v) is 3.63. The van der Waals surface area contributed by atoms with Gasteiger partial charge < -0.3 is 10.2 Å². The molecule has 1 aromatic rings. The van der Waals surface area contributed by atoms with Crippen molar-refractivity contribution in [2.24, 2.45) is 5.92 Å². The Morgan fingerprint density at radius 3 is 2.44 bits per heavy atom. The summed E-state index contributed by atoms with van der Waals surface area (Å²) >= 11 is 0.829. The van der Waals surface area contributed by atoms with Crippen LogP contribution in [-0.4, -0.2) is 22.2 Å². The molecule has 0 amide bonds. The molecule has 1 aromatic heterocycles. The number of carboxylic acids is 2. The van der Waals surface area contributed by atoms with Crippen molar-refractivity contribution in [3.05, 3.63) is 21.4 Å². The maximum atomic E-state index is 10.9. The van der Waals surface area contributed by atoms with Crippen LogP contribution in [0, 0.1) is 5.92 Å². The number of rotatable bonds is 5. The SMILES string of the molecule is CCC(C)Cc1cc(C(=O)O)sc1C(=O)O. The molecule has 16 heavy (non-hydrogen) atoms. The zero-order valence-electron chi connectivity index (χ0n) is 9.19. The summed E-state index contributed by atoms with van der Waals surface area (Å²) in [6.07, 6.45) is 1.55. The summed E-state index contributed by atoms with van der Waals surface area (Å²) in [6.45, 7) is 4.04. The minimum absolute atomic E-state index is 0.0932. The second-order valence-electron chi connectivity index (χ2n) is 3.79. The zero-order chi connectivity index (χ0) is 12.3. The lowest BCUT2D eigenvalue weighted by atomic mass is 9.99. The minimum Gasteiger partial charge on any atom is -0.477 e. The summed E-state index contributed by atoms with van der Waals surface area (Å²) in [7, 11) is 0. The molecular weight excluding hydrogens is 228 g/mol. The largest absolute Gasteiger partial charge is 0.477 e. The van der Waals surface area contributed by atoms with Gasteiger partial charge in [0.15, 0.2) is 0 Å². The molecule has 0 aliphatic heterocycles. The van der Waals surface area contributed by atoms with Gasteiger partial charge in [-0.2, -0.15) is 0 Å². The standard InChI is InChI=1S/C11H14O4S/c1-3-6(2)4-7-5-8(10(12)13)16-9(7)11(14)15/h5-6H,3-4H2,1-2H3,(H,12,13)(H,14,15). The lowest BCUT2D eigenvalue weighted by Crippen LogP contribution is -2.02. The van der Waals surface area contributed by atoms with Crippen LogP contribution < -0.4 is 0 Å². The van der Waals surface area contributed by atoms with E-state index < -0.39 is 11.9 Å². The highest BCUT2D eigenvalue weighted by atomic mass is 32.1. The highest BCUT2D eigenvalue weighted by molar-refractivity contribution is 7.15. The van der Waals surface area contributed by atoms with Gasteiger partial charge in [-0.1, -0.05) is 20.3 Å². The smallest absolute Gasteiger partial charge is 0.346 e. The van der Waals surface area contributed by atoms with E-state index in [0.29, 0.717) is 17.9 Å². The molecule has 1 unspecified atom stereocenters. The van der Waals surface area contributed by atoms with E-state index in [9.17, 15) is 9.59 Å². The molecule has 0 bridgehead atoms. The highest BCUT2D eigenvalue weighted by Crippen LogP contribution is 2.25. The normalized spacial score (nSPS) is 12.4. The Morgan fingerprint density at radius 2 is 2.00 bits per heavy atom. The zero-order valence-corrected chi connectivity index (χ0v) is 10.0. The van der Waals surface area contributed by atoms with E-state index in [1.54, 1.807) is 0 Å². The molecule has 0 saturated heterocycles. The summed E-state index contributed by atoms with van der Waals surface area (Å²) in [5, 5.41) is 17.8. The van der Waals surface area contributed by atoms with Crippen LogP contribution >= 0.6 is 11.3 Å². The third kappa shape index (κ3) is 2.82. The second kappa shape index (κ2) is 5.12. The van der Waals surface area contributed by atoms with Gasteiger partial charge >= 0.3 is 11.9 Å². The average molecular weight is 242 g/mol. The van der Waals surface area contributed by atoms with Gasteiger partial charge in [-0.25, -0.2) is 9.59 Å². The Balaban J connectivity index is 3.05. The first kappa shape index (κ1) is 12.7. The predicted molar refractivity (Wildman–Crippen MR) is 61.4 cm³/mol. The highest BCUT2D eigenvalue weighted by Gasteiger charge is 2.19. The van der Waals surface area contributed by atoms with Crippen LogP contribution in [0.5, 0.6) is 0 Å². The molecule has 88 valence electrons. The molecule has 0 aliphatic carbocycles. The van der Waals surface area contributed by atoms with Crippen molar-refractivity contribution in [2.45, 2.75) is 26.7 Å². The van der Waals surface area contributed by atoms with Crippen LogP contribution in [0.4, 0.5) is 0 Å². The number of carboxylic acid groups (broad SMARTS) is 2. The number of hydrogen-bond donors (Lipinski definition) is 2. The Bertz CT molecular complexity index is 408. The third-order valence-electron chi connectivity index (χ3n) is 2.48. The lowest BCUT2D eigenvalue weighted by molar-refractivity contribution is 0.0692. The summed E-state index contributed by atoms with van der Waals surface area (Å²) in [5.74, 6) is -1.76. The molecule has 0 fully saturated rings. The monoisotopic (exact) mass is 242 g/mol. The van der Waals surface area contributed by atoms with Crippen LogP contribution in [0.1, 0.15) is 45.2 Å². The summed E-state index contributed by atoms with van der Waals surface area (Å²) < 4.78 is 0. The molecule has 1 heterocycles. The van der Waals surface area contributed by atoms with Gasteiger partial charge in [0.05, 0.1) is 0 Å². The van der Waals surface area contributed by atoms with Gasteiger partial charge in [0.2, 0.25) is 0 Å². The lowest BCUT2D eigenvalue weighted by Gasteiger charge is -2.06. The molecule has 1 atom stereocenters. The predicted octanol–water partition coefficient (Wildman–Crippen LogP) is 2.73. The Morgan fingerprint density at radius 1 is 1.38 bits per heavy atom. The number of carbonyl (C=O) groups is 2. The van der Waals surface area contributed by atoms with E-state index in [-0.39, 0.29) is 9.75 Å². The minimum atomic E-state index is -1.07. The average Bonchev–Trinajstić information content (AvgIpc) is 2.61. The topological polar surface area (TPSA) is 74.6 Å². The van der Waals surface area contributed by atoms with Gasteiger partial charge in [0.25, 0.3) is 0 Å². The van der Waals surface area contributed by atoms with Gasteiger partial charge in [-0.3, -0.25) is 0 Å². The maximum absolute atomic E-state index is 10.9. The van der Waals surface area contributed by atoms with E-state index in [1.807, 2.05) is 13.8 Å². The first-order valence-corrected chi connectivity index (χ1v) is 5.86. The van der Waals surface area contributed by atoms with Crippen molar-refractivity contribution in [1.82, 2.24) is 0 Å². The molecule has 2 N–H and O–H groups in total. The second-order valence-corrected chi connectivity index (χ2v) is 4.85. The fraction of sp³-hybridized carbons (Fsp3) is 0.455. The Hall–Kier alpha value is -1.36. The van der Waals surface area contributed by atoms with Crippen molar-refractivity contribution in [2.75, 3.05) is 0 Å². The van der Waals surface area contributed by atoms with Gasteiger partial charge in [-0.05, 0) is 24.0 Å². The fourth-order valence-corrected chi connectivity index (χ4v) is 2.26. The number of hydrogen-bond acceptors (Lipinski definition) is 3. The van der Waals surface area contributed by atoms with E-state index in [2.05, 4.69) is 0 Å². The van der Waals surface area contributed by atoms with Crippen LogP contribution in [0.3, 0.4) is 0 Å². The first-order valence-electron chi connectivity index (χ1n) is 5.05. The molecule has 5 heteroatoms. The van der Waals surface area contributed by atoms with E-state index in [4.69, 9.17) is 10.2 Å². The van der Waals surface area contributed by atoms with Gasteiger partial charge in [0, 0.05) is 0 Å². The summed E-state index contributed by atoms with van der Waals surface area (Å²) in [6, 6.07) is 1.47. The molecule has 0 spiro atoms. The molecule has 0 saturated carbocycles. The molecule has 0 aromatic carbocycles. The molecule has 1 rings (SSSR count). The van der Waals surface area contributed by atoms with Crippen molar-refractivity contribution >= 4 is 23.3 Å². The maximum Gasteiger partial charge on any atom is 0.346 e. The molecular formula is C11H14O4S. The van der Waals surface area contributed by atoms with E-state index in [0.717, 1.165) is 17.8 Å². The molecule has 0 aliphatic rings. The Kier molecular flexibility index (Phi) is 4.06. The summed E-state index contributed by atoms with van der Waals surface area (Å²) in [5.41, 5.74) is 0.629. The fourth-order valence-electron chi connectivity index (χ4n) is 1.39. The molecule has 0 radical (unpaired) electrons. The first-order chi connectivity index (χ1) is 7.45. The van der Waals surface area contributed by atoms with Crippen LogP contribution in [0.2, 0.25) is 0 Å². The van der Waals surface area contributed by atoms with E-state index >= 15 is 0 Å². The Labute approximate surface area is 97.5 Å². The van der Waals surface area contributed by atoms with Gasteiger partial charge in [0.1, 0.15) is 9.75 Å². The van der Waals surface area contributed by atoms with Crippen molar-refractivity contribution in [3.63, 3.8) is 0 Å². The van der Waals surface area contributed by atoms with Crippen molar-refractivity contribution in [1.29, 1.82) is 0 Å². The van der Waals surface area contributed by atoms with Crippen molar-refractivity contribution in [3.8, 4) is 0 Å². The molecule has 4 nitrogen and oxygen atoms in total. The summed E-state index contributed by atoms with van der Waals surface area (Å²) in [4.78, 5) is 22.0. The van der Waals surface area contributed by atoms with Crippen LogP contribution in [0.15, 0.2) is 6.07 Å².